The maximum absolute atomic E-state index is 10.7. The lowest BCUT2D eigenvalue weighted by Crippen LogP contribution is -2.66. The first-order chi connectivity index (χ1) is 8.39. The Hall–Kier alpha value is -0.000000000000000139. The number of aliphatic carboxylic acids is 1. The highest BCUT2D eigenvalue weighted by molar-refractivity contribution is 7.97. The van der Waals surface area contributed by atoms with Gasteiger partial charge >= 0.3 is 5.97 Å². The summed E-state index contributed by atoms with van der Waals surface area (Å²) in [5.41, 5.74) is -0.613. The van der Waals surface area contributed by atoms with Gasteiger partial charge in [0.15, 0.2) is 0 Å². The summed E-state index contributed by atoms with van der Waals surface area (Å²) in [5, 5.41) is 18.6. The Morgan fingerprint density at radius 3 is 2.00 bits per heavy atom. The van der Waals surface area contributed by atoms with E-state index in [1.165, 1.54) is 0 Å². The molecule has 0 fully saturated rings. The molecule has 0 aromatic heterocycles. The lowest BCUT2D eigenvalue weighted by Gasteiger charge is -2.38. The number of rotatable bonds is 10. The fraction of sp³-hybridized carbons (Fsp3) is 0.909. The Balaban J connectivity index is 4.81. The summed E-state index contributed by atoms with van der Waals surface area (Å²) in [4.78, 5) is 10.7. The second-order valence-electron chi connectivity index (χ2n) is 4.58. The third-order valence-corrected chi connectivity index (χ3v) is 4.82. The van der Waals surface area contributed by atoms with Crippen LogP contribution in [0.25, 0.3) is 0 Å². The molecule has 3 unspecified atom stereocenters. The first-order valence-corrected chi connectivity index (χ1v) is 8.83. The van der Waals surface area contributed by atoms with E-state index in [1.807, 2.05) is 0 Å². The molecule has 5 nitrogen and oxygen atoms in total. The fourth-order valence-corrected chi connectivity index (χ4v) is 3.00. The van der Waals surface area contributed by atoms with Crippen LogP contribution in [0.2, 0.25) is 0 Å². The van der Waals surface area contributed by atoms with Crippen LogP contribution in [0.15, 0.2) is 0 Å². The molecule has 0 aliphatic carbocycles. The topological polar surface area (TPSA) is 73.4 Å². The van der Waals surface area contributed by atoms with E-state index in [0.717, 1.165) is 12.8 Å². The van der Waals surface area contributed by atoms with Crippen LogP contribution in [0.3, 0.4) is 0 Å². The van der Waals surface area contributed by atoms with Crippen LogP contribution in [-0.2, 0) is 16.6 Å². The smallest absolute Gasteiger partial charge is 0.317 e. The molecular weight excluding hydrogens is 269 g/mol. The van der Waals surface area contributed by atoms with Crippen molar-refractivity contribution in [3.05, 3.63) is 0 Å². The number of hydrogen-bond acceptors (Lipinski definition) is 5. The third-order valence-electron chi connectivity index (χ3n) is 2.87. The molecule has 0 aromatic carbocycles. The Labute approximate surface area is 116 Å². The summed E-state index contributed by atoms with van der Waals surface area (Å²) in [6, 6.07) is 0.552. The molecule has 0 heterocycles. The molecule has 0 saturated heterocycles. The van der Waals surface area contributed by atoms with E-state index in [9.17, 15) is 4.79 Å². The standard InChI is InChI=1S/C11H26N3O2PS/c1-5-8(3)13-11(17-18,12-7-10(15)16)14-9(4)6-2/h8-9,12-14H,5-7,17H2,1-4H3,(H,15,16). The molecule has 0 aliphatic rings. The predicted octanol–water partition coefficient (Wildman–Crippen LogP) is 0.921. The molecule has 0 rings (SSSR count). The minimum atomic E-state index is -0.876. The quantitative estimate of drug-likeness (QED) is 0.355. The van der Waals surface area contributed by atoms with Crippen molar-refractivity contribution in [3.8, 4) is 0 Å². The van der Waals surface area contributed by atoms with E-state index in [0.29, 0.717) is 0 Å². The summed E-state index contributed by atoms with van der Waals surface area (Å²) in [7, 11) is -0.421. The van der Waals surface area contributed by atoms with Crippen LogP contribution in [0, 0.1) is 0 Å². The largest absolute Gasteiger partial charge is 0.480 e. The van der Waals surface area contributed by atoms with Crippen LogP contribution in [-0.4, -0.2) is 35.2 Å². The molecule has 0 saturated carbocycles. The molecule has 0 aliphatic heterocycles. The summed E-state index contributed by atoms with van der Waals surface area (Å²) in [6.07, 6.45) is 1.93. The van der Waals surface area contributed by atoms with E-state index < -0.39 is 18.9 Å². The van der Waals surface area contributed by atoms with Crippen molar-refractivity contribution in [1.29, 1.82) is 0 Å². The van der Waals surface area contributed by atoms with Gasteiger partial charge in [-0.15, -0.1) is 0 Å². The zero-order chi connectivity index (χ0) is 14.2. The number of nitrogens with one attached hydrogen (secondary N) is 3. The molecule has 18 heavy (non-hydrogen) atoms. The Kier molecular flexibility index (Phi) is 8.99. The van der Waals surface area contributed by atoms with Gasteiger partial charge in [0, 0.05) is 12.1 Å². The highest BCUT2D eigenvalue weighted by atomic mass is 32.4. The van der Waals surface area contributed by atoms with Crippen molar-refractivity contribution in [2.45, 2.75) is 58.1 Å². The van der Waals surface area contributed by atoms with Crippen molar-refractivity contribution in [2.75, 3.05) is 6.54 Å². The predicted molar refractivity (Wildman–Crippen MR) is 81.2 cm³/mol. The monoisotopic (exact) mass is 295 g/mol. The van der Waals surface area contributed by atoms with Crippen LogP contribution >= 0.6 is 7.36 Å². The Bertz CT molecular complexity index is 267. The molecule has 3 atom stereocenters. The lowest BCUT2D eigenvalue weighted by atomic mass is 10.2. The van der Waals surface area contributed by atoms with Gasteiger partial charge in [0.2, 0.25) is 0 Å². The summed E-state index contributed by atoms with van der Waals surface area (Å²) in [6.45, 7) is 8.21. The first-order valence-electron chi connectivity index (χ1n) is 6.37. The average molecular weight is 295 g/mol. The van der Waals surface area contributed by atoms with Crippen molar-refractivity contribution >= 4 is 25.1 Å². The van der Waals surface area contributed by atoms with Crippen LogP contribution < -0.4 is 16.0 Å². The fourth-order valence-electron chi connectivity index (χ4n) is 1.45. The minimum absolute atomic E-state index is 0.101. The Morgan fingerprint density at radius 1 is 1.28 bits per heavy atom. The van der Waals surface area contributed by atoms with Crippen molar-refractivity contribution in [1.82, 2.24) is 16.0 Å². The van der Waals surface area contributed by atoms with Crippen molar-refractivity contribution < 1.29 is 9.90 Å². The van der Waals surface area contributed by atoms with E-state index in [4.69, 9.17) is 16.9 Å². The molecule has 0 amide bonds. The molecular formula is C11H26N3O2PS. The van der Waals surface area contributed by atoms with Crippen LogP contribution in [0.4, 0.5) is 0 Å². The van der Waals surface area contributed by atoms with Gasteiger partial charge in [-0.05, 0) is 34.0 Å². The third kappa shape index (κ3) is 6.81. The van der Waals surface area contributed by atoms with Gasteiger partial charge in [-0.1, -0.05) is 25.7 Å². The summed E-state index contributed by atoms with van der Waals surface area (Å²) in [5.74, 6) is -0.876. The van der Waals surface area contributed by atoms with E-state index in [2.05, 4.69) is 43.6 Å². The van der Waals surface area contributed by atoms with Crippen LogP contribution in [0.1, 0.15) is 40.5 Å². The lowest BCUT2D eigenvalue weighted by molar-refractivity contribution is -0.136. The van der Waals surface area contributed by atoms with E-state index in [1.54, 1.807) is 0 Å². The minimum Gasteiger partial charge on any atom is -0.480 e. The molecule has 7 heteroatoms. The van der Waals surface area contributed by atoms with Gasteiger partial charge in [0.1, 0.15) is 5.53 Å². The highest BCUT2D eigenvalue weighted by Crippen LogP contribution is 2.16. The SMILES string of the molecule is CCC(C)NC(NCC(=O)O)(NC(C)CC)[PH2]=S. The van der Waals surface area contributed by atoms with Gasteiger partial charge in [-0.2, -0.15) is 0 Å². The normalized spacial score (nSPS) is 18.7. The van der Waals surface area contributed by atoms with E-state index in [-0.39, 0.29) is 18.6 Å². The molecule has 0 radical (unpaired) electrons. The molecule has 0 spiro atoms. The van der Waals surface area contributed by atoms with Crippen molar-refractivity contribution in [2.24, 2.45) is 0 Å². The highest BCUT2D eigenvalue weighted by Gasteiger charge is 2.29. The summed E-state index contributed by atoms with van der Waals surface area (Å²) < 4.78 is 0. The molecule has 4 N–H and O–H groups in total. The zero-order valence-electron chi connectivity index (χ0n) is 11.6. The Morgan fingerprint density at radius 2 is 1.72 bits per heavy atom. The van der Waals surface area contributed by atoms with Gasteiger partial charge in [-0.3, -0.25) is 20.7 Å². The summed E-state index contributed by atoms with van der Waals surface area (Å²) >= 11 is 5.27. The zero-order valence-corrected chi connectivity index (χ0v) is 13.6. The second-order valence-corrected chi connectivity index (χ2v) is 6.39. The number of carboxylic acids is 1. The second kappa shape index (κ2) is 8.99. The molecule has 0 aromatic rings. The molecule has 0 bridgehead atoms. The van der Waals surface area contributed by atoms with Crippen LogP contribution in [0.5, 0.6) is 0 Å². The first kappa shape index (κ1) is 18.0. The number of carbonyl (C=O) groups is 1. The van der Waals surface area contributed by atoms with E-state index >= 15 is 0 Å². The maximum atomic E-state index is 10.7. The number of hydrogen-bond donors (Lipinski definition) is 4. The van der Waals surface area contributed by atoms with Gasteiger partial charge < -0.3 is 5.11 Å². The van der Waals surface area contributed by atoms with Gasteiger partial charge in [-0.25, -0.2) is 0 Å². The average Bonchev–Trinajstić information content (AvgIpc) is 2.35. The maximum Gasteiger partial charge on any atom is 0.317 e. The van der Waals surface area contributed by atoms with Gasteiger partial charge in [0.25, 0.3) is 0 Å². The number of carboxylic acid groups (broad SMARTS) is 1. The van der Waals surface area contributed by atoms with Crippen molar-refractivity contribution in [3.63, 3.8) is 0 Å². The van der Waals surface area contributed by atoms with Gasteiger partial charge in [0.05, 0.1) is 6.54 Å². The molecule has 108 valence electrons.